The van der Waals surface area contributed by atoms with Crippen LogP contribution in [0.5, 0.6) is 0 Å². The maximum atomic E-state index is 4.00. The maximum Gasteiger partial charge on any atom is 0.0647 e. The molecule has 0 saturated heterocycles. The molecule has 6 aromatic rings. The Balaban J connectivity index is 1.54. The van der Waals surface area contributed by atoms with Crippen molar-refractivity contribution in [3.05, 3.63) is 142 Å². The zero-order valence-electron chi connectivity index (χ0n) is 29.7. The molecule has 0 unspecified atom stereocenters. The summed E-state index contributed by atoms with van der Waals surface area (Å²) in [4.78, 5) is 4.78. The van der Waals surface area contributed by atoms with Crippen LogP contribution in [0.2, 0.25) is 0 Å². The molecule has 0 aliphatic heterocycles. The second kappa shape index (κ2) is 12.9. The van der Waals surface area contributed by atoms with Gasteiger partial charge >= 0.3 is 0 Å². The van der Waals surface area contributed by atoms with E-state index in [0.717, 1.165) is 32.9 Å². The Morgan fingerprint density at radius 2 is 0.938 bits per heavy atom. The van der Waals surface area contributed by atoms with E-state index < -0.39 is 0 Å². The van der Waals surface area contributed by atoms with Gasteiger partial charge in [-0.1, -0.05) is 117 Å². The van der Waals surface area contributed by atoms with Crippen LogP contribution in [0.3, 0.4) is 0 Å². The molecule has 1 heterocycles. The minimum Gasteiger partial charge on any atom is -0.309 e. The highest BCUT2D eigenvalue weighted by Gasteiger charge is 2.23. The van der Waals surface area contributed by atoms with Crippen LogP contribution in [0.1, 0.15) is 79.0 Å². The maximum absolute atomic E-state index is 4.00. The molecule has 0 saturated carbocycles. The van der Waals surface area contributed by atoms with Crippen LogP contribution in [0.25, 0.3) is 10.1 Å². The molecule has 0 N–H and O–H groups in total. The van der Waals surface area contributed by atoms with Crippen molar-refractivity contribution in [1.82, 2.24) is 0 Å². The molecule has 0 spiro atoms. The third-order valence-electron chi connectivity index (χ3n) is 9.09. The molecule has 246 valence electrons. The van der Waals surface area contributed by atoms with E-state index in [1.165, 1.54) is 32.5 Å². The quantitative estimate of drug-likeness (QED) is 0.169. The SMILES string of the molecule is CC(C)(C)c1ccc(N(c2cccc(N(c3ccc(C(C)(C)C)cc3)c3csc4ccccc34)c2)c2ccc(C(C)(C)C)cc2Br)cc1. The van der Waals surface area contributed by atoms with Crippen LogP contribution >= 0.6 is 27.3 Å². The van der Waals surface area contributed by atoms with E-state index in [9.17, 15) is 0 Å². The van der Waals surface area contributed by atoms with E-state index in [-0.39, 0.29) is 16.2 Å². The number of nitrogens with zero attached hydrogens (tertiary/aromatic N) is 2. The van der Waals surface area contributed by atoms with Gasteiger partial charge in [-0.2, -0.15) is 0 Å². The third-order valence-corrected chi connectivity index (χ3v) is 10.7. The Morgan fingerprint density at radius 3 is 1.44 bits per heavy atom. The van der Waals surface area contributed by atoms with Gasteiger partial charge in [-0.15, -0.1) is 11.3 Å². The van der Waals surface area contributed by atoms with Crippen molar-refractivity contribution in [2.24, 2.45) is 0 Å². The summed E-state index contributed by atoms with van der Waals surface area (Å²) in [6, 6.07) is 42.6. The second-order valence-corrected chi connectivity index (χ2v) is 17.6. The molecule has 2 nitrogen and oxygen atoms in total. The molecular formula is C44H47BrN2S. The molecule has 0 fully saturated rings. The van der Waals surface area contributed by atoms with Crippen molar-refractivity contribution >= 4 is 71.5 Å². The van der Waals surface area contributed by atoms with Crippen molar-refractivity contribution in [3.8, 4) is 0 Å². The molecule has 0 amide bonds. The van der Waals surface area contributed by atoms with Gasteiger partial charge in [-0.05, 0) is 110 Å². The summed E-state index contributed by atoms with van der Waals surface area (Å²) < 4.78 is 2.35. The van der Waals surface area contributed by atoms with Gasteiger partial charge in [0.05, 0.1) is 11.4 Å². The predicted molar refractivity (Wildman–Crippen MR) is 215 cm³/mol. The zero-order valence-corrected chi connectivity index (χ0v) is 32.1. The van der Waals surface area contributed by atoms with Gasteiger partial charge in [-0.3, -0.25) is 0 Å². The van der Waals surface area contributed by atoms with Crippen molar-refractivity contribution in [2.45, 2.75) is 78.6 Å². The van der Waals surface area contributed by atoms with Crippen molar-refractivity contribution < 1.29 is 0 Å². The van der Waals surface area contributed by atoms with Crippen LogP contribution in [-0.2, 0) is 16.2 Å². The largest absolute Gasteiger partial charge is 0.309 e. The first-order valence-corrected chi connectivity index (χ1v) is 18.5. The molecule has 4 heteroatoms. The lowest BCUT2D eigenvalue weighted by atomic mass is 9.86. The lowest BCUT2D eigenvalue weighted by Gasteiger charge is -2.31. The molecule has 0 bridgehead atoms. The molecule has 0 aliphatic carbocycles. The Bertz CT molecular complexity index is 2030. The molecule has 1 aromatic heterocycles. The average Bonchev–Trinajstić information content (AvgIpc) is 3.45. The summed E-state index contributed by atoms with van der Waals surface area (Å²) >= 11 is 5.79. The van der Waals surface area contributed by atoms with E-state index >= 15 is 0 Å². The Hall–Kier alpha value is -3.86. The normalized spacial score (nSPS) is 12.4. The predicted octanol–water partition coefficient (Wildman–Crippen LogP) is 14.5. The van der Waals surface area contributed by atoms with Gasteiger partial charge in [0.1, 0.15) is 0 Å². The lowest BCUT2D eigenvalue weighted by Crippen LogP contribution is -2.16. The number of benzene rings is 5. The van der Waals surface area contributed by atoms with Crippen molar-refractivity contribution in [3.63, 3.8) is 0 Å². The van der Waals surface area contributed by atoms with Crippen molar-refractivity contribution in [1.29, 1.82) is 0 Å². The number of thiophene rings is 1. The molecular weight excluding hydrogens is 668 g/mol. The minimum absolute atomic E-state index is 0.0481. The number of rotatable bonds is 6. The number of hydrogen-bond acceptors (Lipinski definition) is 3. The van der Waals surface area contributed by atoms with Gasteiger partial charge in [0, 0.05) is 42.7 Å². The highest BCUT2D eigenvalue weighted by atomic mass is 79.9. The minimum atomic E-state index is 0.0481. The highest BCUT2D eigenvalue weighted by Crippen LogP contribution is 2.46. The summed E-state index contributed by atoms with van der Waals surface area (Å²) in [7, 11) is 0. The standard InChI is InChI=1S/C44H47BrN2S/c1-42(2,3)30-17-22-33(23-18-30)46(39-26-21-32(27-38(39)45)44(7,8)9)35-13-12-14-36(28-35)47(34-24-19-31(20-25-34)43(4,5)6)40-29-48-41-16-11-10-15-37(40)41/h10-29H,1-9H3. The zero-order chi connectivity index (χ0) is 34.4. The van der Waals surface area contributed by atoms with Gasteiger partial charge in [0.2, 0.25) is 0 Å². The summed E-state index contributed by atoms with van der Waals surface area (Å²) in [5.74, 6) is 0. The van der Waals surface area contributed by atoms with Crippen molar-refractivity contribution in [2.75, 3.05) is 9.80 Å². The number of anilines is 6. The van der Waals surface area contributed by atoms with Crippen LogP contribution in [-0.4, -0.2) is 0 Å². The molecule has 0 aliphatic rings. The van der Waals surface area contributed by atoms with Crippen LogP contribution in [0.15, 0.2) is 125 Å². The summed E-state index contributed by atoms with van der Waals surface area (Å²) in [5, 5.41) is 3.54. The summed E-state index contributed by atoms with van der Waals surface area (Å²) in [5.41, 5.74) is 10.9. The highest BCUT2D eigenvalue weighted by molar-refractivity contribution is 9.10. The smallest absolute Gasteiger partial charge is 0.0647 e. The van der Waals surface area contributed by atoms with Gasteiger partial charge < -0.3 is 9.80 Å². The molecule has 0 radical (unpaired) electrons. The Labute approximate surface area is 300 Å². The fourth-order valence-corrected chi connectivity index (χ4v) is 7.62. The Kier molecular flexibility index (Phi) is 9.12. The van der Waals surface area contributed by atoms with E-state index in [1.54, 1.807) is 11.3 Å². The molecule has 48 heavy (non-hydrogen) atoms. The summed E-state index contributed by atoms with van der Waals surface area (Å²) in [6.07, 6.45) is 0. The molecule has 5 aromatic carbocycles. The van der Waals surface area contributed by atoms with E-state index in [4.69, 9.17) is 0 Å². The fraction of sp³-hybridized carbons (Fsp3) is 0.273. The molecule has 0 atom stereocenters. The van der Waals surface area contributed by atoms with Gasteiger partial charge in [-0.25, -0.2) is 0 Å². The first-order chi connectivity index (χ1) is 22.6. The van der Waals surface area contributed by atoms with Gasteiger partial charge in [0.15, 0.2) is 0 Å². The topological polar surface area (TPSA) is 6.48 Å². The lowest BCUT2D eigenvalue weighted by molar-refractivity contribution is 0.590. The third kappa shape index (κ3) is 6.97. The number of halogens is 1. The average molecular weight is 716 g/mol. The van der Waals surface area contributed by atoms with Crippen LogP contribution < -0.4 is 9.80 Å². The monoisotopic (exact) mass is 714 g/mol. The fourth-order valence-electron chi connectivity index (χ4n) is 6.14. The van der Waals surface area contributed by atoms with Gasteiger partial charge in [0.25, 0.3) is 0 Å². The van der Waals surface area contributed by atoms with Crippen LogP contribution in [0, 0.1) is 0 Å². The molecule has 6 rings (SSSR count). The Morgan fingerprint density at radius 1 is 0.458 bits per heavy atom. The second-order valence-electron chi connectivity index (χ2n) is 15.8. The van der Waals surface area contributed by atoms with E-state index in [0.29, 0.717) is 0 Å². The first kappa shape index (κ1) is 34.0. The van der Waals surface area contributed by atoms with Crippen LogP contribution in [0.4, 0.5) is 34.1 Å². The van der Waals surface area contributed by atoms with E-state index in [1.807, 2.05) is 0 Å². The van der Waals surface area contributed by atoms with E-state index in [2.05, 4.69) is 209 Å². The first-order valence-electron chi connectivity index (χ1n) is 16.8. The summed E-state index contributed by atoms with van der Waals surface area (Å²) in [6.45, 7) is 20.4. The number of hydrogen-bond donors (Lipinski definition) is 0. The number of fused-ring (bicyclic) bond motifs is 1.